The lowest BCUT2D eigenvalue weighted by molar-refractivity contribution is -0.282. The number of nitrogens with zero attached hydrogens (tertiary/aromatic N) is 2. The number of hydrogen-bond donors (Lipinski definition) is 1. The molecule has 5 nitrogen and oxygen atoms in total. The van der Waals surface area contributed by atoms with Crippen LogP contribution in [0.5, 0.6) is 5.75 Å². The molecule has 148 valence electrons. The van der Waals surface area contributed by atoms with Gasteiger partial charge >= 0.3 is 6.18 Å². The molecule has 0 aromatic heterocycles. The van der Waals surface area contributed by atoms with Gasteiger partial charge in [0, 0.05) is 31.8 Å². The number of alkyl halides is 3. The maximum Gasteiger partial charge on any atom is 0.423 e. The van der Waals surface area contributed by atoms with Crippen LogP contribution in [0.3, 0.4) is 0 Å². The minimum Gasteiger partial charge on any atom is -0.496 e. The Morgan fingerprint density at radius 2 is 1.92 bits per heavy atom. The van der Waals surface area contributed by atoms with Crippen molar-refractivity contribution in [1.82, 2.24) is 4.90 Å². The van der Waals surface area contributed by atoms with Crippen LogP contribution in [0.15, 0.2) is 17.1 Å². The fraction of sp³-hybridized carbons (Fsp3) is 0.611. The highest BCUT2D eigenvalue weighted by molar-refractivity contribution is 5.65. The van der Waals surface area contributed by atoms with Crippen molar-refractivity contribution >= 4 is 12.0 Å². The van der Waals surface area contributed by atoms with Crippen LogP contribution in [0.4, 0.5) is 18.9 Å². The van der Waals surface area contributed by atoms with Gasteiger partial charge in [0.05, 0.1) is 25.7 Å². The molecule has 0 saturated heterocycles. The molecule has 0 bridgehead atoms. The van der Waals surface area contributed by atoms with Crippen LogP contribution < -0.4 is 4.74 Å². The first-order chi connectivity index (χ1) is 12.1. The largest absolute Gasteiger partial charge is 0.496 e. The topological polar surface area (TPSA) is 54.3 Å². The quantitative estimate of drug-likeness (QED) is 0.405. The summed E-state index contributed by atoms with van der Waals surface area (Å²) in [6, 6.07) is 2.64. The summed E-state index contributed by atoms with van der Waals surface area (Å²) in [7, 11) is 3.08. The van der Waals surface area contributed by atoms with E-state index in [1.54, 1.807) is 20.2 Å². The maximum absolute atomic E-state index is 13.6. The summed E-state index contributed by atoms with van der Waals surface area (Å²) in [6.07, 6.45) is -2.79. The summed E-state index contributed by atoms with van der Waals surface area (Å²) < 4.78 is 51.1. The lowest BCUT2D eigenvalue weighted by Crippen LogP contribution is -2.46. The average molecular weight is 376 g/mol. The fourth-order valence-electron chi connectivity index (χ4n) is 2.23. The first-order valence-corrected chi connectivity index (χ1v) is 8.41. The number of rotatable bonds is 9. The Morgan fingerprint density at radius 3 is 2.42 bits per heavy atom. The molecule has 0 aliphatic heterocycles. The van der Waals surface area contributed by atoms with Gasteiger partial charge in [-0.05, 0) is 31.9 Å². The number of hydrogen-bond acceptors (Lipinski definition) is 4. The molecule has 1 N–H and O–H groups in total. The minimum absolute atomic E-state index is 0.0955. The zero-order valence-electron chi connectivity index (χ0n) is 15.9. The van der Waals surface area contributed by atoms with Gasteiger partial charge in [-0.2, -0.15) is 13.2 Å². The second kappa shape index (κ2) is 9.23. The molecule has 1 atom stereocenters. The van der Waals surface area contributed by atoms with Crippen molar-refractivity contribution in [2.24, 2.45) is 4.99 Å². The molecule has 0 heterocycles. The van der Waals surface area contributed by atoms with Gasteiger partial charge in [-0.3, -0.25) is 0 Å². The highest BCUT2D eigenvalue weighted by Gasteiger charge is 2.56. The van der Waals surface area contributed by atoms with Gasteiger partial charge in [0.15, 0.2) is 0 Å². The third-order valence-corrected chi connectivity index (χ3v) is 3.98. The van der Waals surface area contributed by atoms with Gasteiger partial charge in [-0.15, -0.1) is 0 Å². The van der Waals surface area contributed by atoms with E-state index in [2.05, 4.69) is 4.99 Å². The average Bonchev–Trinajstić information content (AvgIpc) is 2.59. The van der Waals surface area contributed by atoms with Gasteiger partial charge in [-0.1, -0.05) is 6.92 Å². The van der Waals surface area contributed by atoms with Crippen LogP contribution in [0.1, 0.15) is 31.4 Å². The second-order valence-electron chi connectivity index (χ2n) is 6.07. The summed E-state index contributed by atoms with van der Waals surface area (Å²) in [5.74, 6) is -0.0955. The molecule has 0 fully saturated rings. The second-order valence-corrected chi connectivity index (χ2v) is 6.07. The van der Waals surface area contributed by atoms with E-state index in [9.17, 15) is 18.3 Å². The molecular formula is C18H27F3N2O3. The highest BCUT2D eigenvalue weighted by Crippen LogP contribution is 2.45. The predicted molar refractivity (Wildman–Crippen MR) is 95.2 cm³/mol. The SMILES string of the molecule is CCCOCC(O)(c1cc(C)c(N=CN(C)CC)cc1OC)C(F)(F)F. The number of ether oxygens (including phenoxy) is 2. The molecule has 0 aliphatic carbocycles. The van der Waals surface area contributed by atoms with E-state index in [1.165, 1.54) is 19.2 Å². The smallest absolute Gasteiger partial charge is 0.423 e. The van der Waals surface area contributed by atoms with Gasteiger partial charge in [0.2, 0.25) is 5.60 Å². The summed E-state index contributed by atoms with van der Waals surface area (Å²) in [6.45, 7) is 5.30. The molecule has 1 rings (SSSR count). The van der Waals surface area contributed by atoms with Gasteiger partial charge in [-0.25, -0.2) is 4.99 Å². The van der Waals surface area contributed by atoms with Crippen molar-refractivity contribution < 1.29 is 27.8 Å². The van der Waals surface area contributed by atoms with E-state index in [0.29, 0.717) is 17.7 Å². The first-order valence-electron chi connectivity index (χ1n) is 8.41. The summed E-state index contributed by atoms with van der Waals surface area (Å²) in [5, 5.41) is 10.5. The van der Waals surface area contributed by atoms with Crippen molar-refractivity contribution in [3.8, 4) is 5.75 Å². The van der Waals surface area contributed by atoms with Crippen molar-refractivity contribution in [3.05, 3.63) is 23.3 Å². The zero-order valence-corrected chi connectivity index (χ0v) is 15.9. The maximum atomic E-state index is 13.6. The summed E-state index contributed by atoms with van der Waals surface area (Å²) >= 11 is 0. The van der Waals surface area contributed by atoms with Gasteiger partial charge in [0.1, 0.15) is 5.75 Å². The predicted octanol–water partition coefficient (Wildman–Crippen LogP) is 3.79. The zero-order chi connectivity index (χ0) is 20.0. The lowest BCUT2D eigenvalue weighted by Gasteiger charge is -2.32. The van der Waals surface area contributed by atoms with E-state index in [1.807, 2.05) is 18.9 Å². The summed E-state index contributed by atoms with van der Waals surface area (Å²) in [5.41, 5.74) is -2.60. The highest BCUT2D eigenvalue weighted by atomic mass is 19.4. The van der Waals surface area contributed by atoms with Crippen LogP contribution in [0.25, 0.3) is 0 Å². The van der Waals surface area contributed by atoms with Crippen LogP contribution >= 0.6 is 0 Å². The van der Waals surface area contributed by atoms with Crippen LogP contribution in [-0.4, -0.2) is 56.4 Å². The number of aliphatic hydroxyl groups is 1. The van der Waals surface area contributed by atoms with Crippen molar-refractivity contribution in [2.45, 2.75) is 39.0 Å². The summed E-state index contributed by atoms with van der Waals surface area (Å²) in [4.78, 5) is 6.10. The third-order valence-electron chi connectivity index (χ3n) is 3.98. The molecule has 0 amide bonds. The van der Waals surface area contributed by atoms with Gasteiger partial charge < -0.3 is 19.5 Å². The number of methoxy groups -OCH3 is 1. The molecule has 0 aliphatic rings. The molecular weight excluding hydrogens is 349 g/mol. The Labute approximate surface area is 152 Å². The van der Waals surface area contributed by atoms with Crippen LogP contribution in [-0.2, 0) is 10.3 Å². The molecule has 8 heteroatoms. The van der Waals surface area contributed by atoms with Crippen molar-refractivity contribution in [3.63, 3.8) is 0 Å². The van der Waals surface area contributed by atoms with E-state index < -0.39 is 18.4 Å². The number of benzene rings is 1. The Balaban J connectivity index is 3.39. The monoisotopic (exact) mass is 376 g/mol. The fourth-order valence-corrected chi connectivity index (χ4v) is 2.23. The Kier molecular flexibility index (Phi) is 7.89. The van der Waals surface area contributed by atoms with Crippen molar-refractivity contribution in [2.75, 3.05) is 33.9 Å². The lowest BCUT2D eigenvalue weighted by atomic mass is 9.91. The van der Waals surface area contributed by atoms with Crippen LogP contribution in [0.2, 0.25) is 0 Å². The molecule has 0 radical (unpaired) electrons. The van der Waals surface area contributed by atoms with Crippen LogP contribution in [0, 0.1) is 6.92 Å². The number of aryl methyl sites for hydroxylation is 1. The number of aliphatic imine (C=N–C) groups is 1. The Morgan fingerprint density at radius 1 is 1.27 bits per heavy atom. The Hall–Kier alpha value is -1.80. The minimum atomic E-state index is -4.92. The first kappa shape index (κ1) is 22.2. The normalized spacial score (nSPS) is 14.5. The van der Waals surface area contributed by atoms with E-state index in [-0.39, 0.29) is 17.9 Å². The van der Waals surface area contributed by atoms with E-state index >= 15 is 0 Å². The molecule has 0 saturated carbocycles. The molecule has 1 aromatic rings. The third kappa shape index (κ3) is 5.11. The van der Waals surface area contributed by atoms with E-state index in [0.717, 1.165) is 6.54 Å². The Bertz CT molecular complexity index is 620. The standard InChI is InChI=1S/C18H27F3N2O3/c1-6-8-26-11-17(24,18(19,20)21)14-9-13(3)15(10-16(14)25-5)22-12-23(4)7-2/h9-10,12,24H,6-8,11H2,1-5H3. The molecule has 1 unspecified atom stereocenters. The molecule has 26 heavy (non-hydrogen) atoms. The molecule has 0 spiro atoms. The van der Waals surface area contributed by atoms with Gasteiger partial charge in [0.25, 0.3) is 0 Å². The van der Waals surface area contributed by atoms with Crippen molar-refractivity contribution in [1.29, 1.82) is 0 Å². The number of halogens is 3. The van der Waals surface area contributed by atoms with E-state index in [4.69, 9.17) is 9.47 Å². The molecule has 1 aromatic carbocycles.